The van der Waals surface area contributed by atoms with Crippen molar-refractivity contribution in [3.63, 3.8) is 0 Å². The molecule has 1 spiro atoms. The van der Waals surface area contributed by atoms with Gasteiger partial charge in [0.2, 0.25) is 0 Å². The van der Waals surface area contributed by atoms with Gasteiger partial charge in [-0.05, 0) is 39.7 Å². The Labute approximate surface area is 137 Å². The Morgan fingerprint density at radius 3 is 2.61 bits per heavy atom. The number of amides is 1. The third kappa shape index (κ3) is 3.09. The molecule has 2 heterocycles. The summed E-state index contributed by atoms with van der Waals surface area (Å²) >= 11 is 0. The molecule has 5 heteroatoms. The molecule has 1 N–H and O–H groups in total. The summed E-state index contributed by atoms with van der Waals surface area (Å²) < 4.78 is 11.4. The number of carbonyl (C=O) groups excluding carboxylic acids is 1. The van der Waals surface area contributed by atoms with Crippen LogP contribution in [0.1, 0.15) is 39.2 Å². The highest BCUT2D eigenvalue weighted by Gasteiger charge is 2.44. The number of nitrogens with one attached hydrogen (secondary N) is 1. The maximum Gasteiger partial charge on any atom is 0.410 e. The van der Waals surface area contributed by atoms with Crippen molar-refractivity contribution in [2.45, 2.75) is 44.6 Å². The van der Waals surface area contributed by atoms with E-state index in [-0.39, 0.29) is 11.5 Å². The van der Waals surface area contributed by atoms with Gasteiger partial charge in [-0.3, -0.25) is 0 Å². The van der Waals surface area contributed by atoms with E-state index in [4.69, 9.17) is 9.47 Å². The van der Waals surface area contributed by atoms with E-state index in [0.29, 0.717) is 19.7 Å². The lowest BCUT2D eigenvalue weighted by molar-refractivity contribution is 0.0152. The van der Waals surface area contributed by atoms with Gasteiger partial charge in [-0.25, -0.2) is 4.79 Å². The van der Waals surface area contributed by atoms with Gasteiger partial charge in [-0.15, -0.1) is 0 Å². The maximum atomic E-state index is 12.2. The van der Waals surface area contributed by atoms with Gasteiger partial charge in [0, 0.05) is 42.9 Å². The van der Waals surface area contributed by atoms with Crippen molar-refractivity contribution in [2.75, 3.05) is 32.1 Å². The van der Waals surface area contributed by atoms with Crippen molar-refractivity contribution < 1.29 is 14.3 Å². The minimum Gasteiger partial charge on any atom is -0.492 e. The third-order valence-electron chi connectivity index (χ3n) is 4.72. The molecule has 1 fully saturated rings. The second-order valence-corrected chi connectivity index (χ2v) is 7.50. The first kappa shape index (κ1) is 16.0. The zero-order chi connectivity index (χ0) is 16.7. The van der Waals surface area contributed by atoms with Gasteiger partial charge in [-0.2, -0.15) is 0 Å². The first-order valence-electron chi connectivity index (χ1n) is 8.26. The van der Waals surface area contributed by atoms with Crippen LogP contribution in [0, 0.1) is 0 Å². The number of likely N-dealkylation sites (tertiary alicyclic amines) is 1. The van der Waals surface area contributed by atoms with Crippen LogP contribution < -0.4 is 10.1 Å². The molecule has 1 aromatic carbocycles. The molecule has 0 radical (unpaired) electrons. The van der Waals surface area contributed by atoms with Crippen LogP contribution in [0.15, 0.2) is 18.2 Å². The quantitative estimate of drug-likeness (QED) is 0.862. The molecule has 23 heavy (non-hydrogen) atoms. The lowest BCUT2D eigenvalue weighted by Crippen LogP contribution is -2.47. The summed E-state index contributed by atoms with van der Waals surface area (Å²) in [6, 6.07) is 6.32. The fourth-order valence-corrected chi connectivity index (χ4v) is 3.39. The molecule has 3 rings (SSSR count). The van der Waals surface area contributed by atoms with Crippen LogP contribution in [0.5, 0.6) is 5.75 Å². The van der Waals surface area contributed by atoms with Crippen LogP contribution in [-0.4, -0.2) is 43.3 Å². The minimum absolute atomic E-state index is 0.0418. The molecule has 2 aliphatic rings. The van der Waals surface area contributed by atoms with E-state index in [0.717, 1.165) is 24.3 Å². The van der Waals surface area contributed by atoms with Gasteiger partial charge < -0.3 is 19.7 Å². The third-order valence-corrected chi connectivity index (χ3v) is 4.72. The lowest BCUT2D eigenvalue weighted by Gasteiger charge is -2.38. The summed E-state index contributed by atoms with van der Waals surface area (Å²) in [5.41, 5.74) is 1.94. The van der Waals surface area contributed by atoms with Crippen molar-refractivity contribution in [1.29, 1.82) is 0 Å². The SMILES string of the molecule is CNc1ccc2c(c1)OCC21CCN(C(=O)OC(C)(C)C)CC1. The number of nitrogens with zero attached hydrogens (tertiary/aromatic N) is 1. The fraction of sp³-hybridized carbons (Fsp3) is 0.611. The predicted molar refractivity (Wildman–Crippen MR) is 90.2 cm³/mol. The van der Waals surface area contributed by atoms with Gasteiger partial charge >= 0.3 is 6.09 Å². The van der Waals surface area contributed by atoms with Crippen molar-refractivity contribution >= 4 is 11.8 Å². The fourth-order valence-electron chi connectivity index (χ4n) is 3.39. The Hall–Kier alpha value is -1.91. The molecule has 0 aliphatic carbocycles. The molecule has 0 atom stereocenters. The van der Waals surface area contributed by atoms with Gasteiger partial charge in [0.15, 0.2) is 0 Å². The van der Waals surface area contributed by atoms with Crippen LogP contribution >= 0.6 is 0 Å². The molecule has 1 saturated heterocycles. The van der Waals surface area contributed by atoms with Crippen molar-refractivity contribution in [2.24, 2.45) is 0 Å². The van der Waals surface area contributed by atoms with Crippen LogP contribution in [0.25, 0.3) is 0 Å². The Balaban J connectivity index is 1.69. The Bertz CT molecular complexity index is 599. The number of piperidine rings is 1. The van der Waals surface area contributed by atoms with Crippen molar-refractivity contribution in [1.82, 2.24) is 4.90 Å². The highest BCUT2D eigenvalue weighted by molar-refractivity contribution is 5.68. The van der Waals surface area contributed by atoms with Crippen LogP contribution in [0.4, 0.5) is 10.5 Å². The highest BCUT2D eigenvalue weighted by Crippen LogP contribution is 2.46. The number of anilines is 1. The predicted octanol–water partition coefficient (Wildman–Crippen LogP) is 3.39. The first-order chi connectivity index (χ1) is 10.8. The molecule has 1 amide bonds. The number of rotatable bonds is 1. The van der Waals surface area contributed by atoms with Gasteiger partial charge in [0.25, 0.3) is 0 Å². The summed E-state index contributed by atoms with van der Waals surface area (Å²) in [4.78, 5) is 14.0. The number of fused-ring (bicyclic) bond motifs is 2. The minimum atomic E-state index is -0.446. The zero-order valence-corrected chi connectivity index (χ0v) is 14.4. The second kappa shape index (κ2) is 5.62. The largest absolute Gasteiger partial charge is 0.492 e. The van der Waals surface area contributed by atoms with Crippen LogP contribution in [-0.2, 0) is 10.2 Å². The van der Waals surface area contributed by atoms with E-state index < -0.39 is 5.60 Å². The van der Waals surface area contributed by atoms with E-state index in [9.17, 15) is 4.79 Å². The number of hydrogen-bond acceptors (Lipinski definition) is 4. The number of carbonyl (C=O) groups is 1. The topological polar surface area (TPSA) is 50.8 Å². The summed E-state index contributed by atoms with van der Waals surface area (Å²) in [6.45, 7) is 7.83. The molecule has 5 nitrogen and oxygen atoms in total. The maximum absolute atomic E-state index is 12.2. The zero-order valence-electron chi connectivity index (χ0n) is 14.4. The molecule has 0 saturated carbocycles. The normalized spacial score (nSPS) is 19.2. The standard InChI is InChI=1S/C18H26N2O3/c1-17(2,3)23-16(21)20-9-7-18(8-10-20)12-22-15-11-13(19-4)5-6-14(15)18/h5-6,11,19H,7-10,12H2,1-4H3. The van der Waals surface area contributed by atoms with E-state index in [1.54, 1.807) is 0 Å². The Kier molecular flexibility index (Phi) is 3.90. The van der Waals surface area contributed by atoms with Crippen molar-refractivity contribution in [3.8, 4) is 5.75 Å². The summed E-state index contributed by atoms with van der Waals surface area (Å²) in [6.07, 6.45) is 1.62. The van der Waals surface area contributed by atoms with E-state index in [2.05, 4.69) is 23.5 Å². The average Bonchev–Trinajstić information content (AvgIpc) is 2.84. The number of benzene rings is 1. The molecule has 126 valence electrons. The molecule has 0 bridgehead atoms. The molecule has 1 aromatic rings. The second-order valence-electron chi connectivity index (χ2n) is 7.50. The van der Waals surface area contributed by atoms with E-state index in [1.807, 2.05) is 32.7 Å². The lowest BCUT2D eigenvalue weighted by atomic mass is 9.74. The molecule has 0 aromatic heterocycles. The first-order valence-corrected chi connectivity index (χ1v) is 8.26. The summed E-state index contributed by atoms with van der Waals surface area (Å²) in [5.74, 6) is 0.975. The monoisotopic (exact) mass is 318 g/mol. The highest BCUT2D eigenvalue weighted by atomic mass is 16.6. The molecular formula is C18H26N2O3. The Morgan fingerprint density at radius 1 is 1.30 bits per heavy atom. The summed E-state index contributed by atoms with van der Waals surface area (Å²) in [5, 5.41) is 3.14. The van der Waals surface area contributed by atoms with Gasteiger partial charge in [0.1, 0.15) is 11.4 Å². The summed E-state index contributed by atoms with van der Waals surface area (Å²) in [7, 11) is 1.91. The number of ether oxygens (including phenoxy) is 2. The number of hydrogen-bond donors (Lipinski definition) is 1. The van der Waals surface area contributed by atoms with Crippen LogP contribution in [0.2, 0.25) is 0 Å². The molecule has 0 unspecified atom stereocenters. The van der Waals surface area contributed by atoms with E-state index >= 15 is 0 Å². The molecule has 2 aliphatic heterocycles. The van der Waals surface area contributed by atoms with Gasteiger partial charge in [-0.1, -0.05) is 6.07 Å². The Morgan fingerprint density at radius 2 is 2.00 bits per heavy atom. The van der Waals surface area contributed by atoms with Gasteiger partial charge in [0.05, 0.1) is 6.61 Å². The average molecular weight is 318 g/mol. The van der Waals surface area contributed by atoms with Crippen molar-refractivity contribution in [3.05, 3.63) is 23.8 Å². The van der Waals surface area contributed by atoms with Crippen LogP contribution in [0.3, 0.4) is 0 Å². The molecular weight excluding hydrogens is 292 g/mol. The van der Waals surface area contributed by atoms with E-state index in [1.165, 1.54) is 5.56 Å². The smallest absolute Gasteiger partial charge is 0.410 e.